The molecule has 1 fully saturated rings. The highest BCUT2D eigenvalue weighted by atomic mass is 16.7. The average Bonchev–Trinajstić information content (AvgIpc) is 3.10. The van der Waals surface area contributed by atoms with Crippen molar-refractivity contribution in [2.45, 2.75) is 12.6 Å². The zero-order chi connectivity index (χ0) is 13.9. The Balaban J connectivity index is 1.75. The Morgan fingerprint density at radius 3 is 3.05 bits per heavy atom. The highest BCUT2D eigenvalue weighted by Crippen LogP contribution is 2.13. The maximum Gasteiger partial charge on any atom is 0.277 e. The molecule has 1 aromatic carbocycles. The van der Waals surface area contributed by atoms with Crippen LogP contribution in [0.5, 0.6) is 0 Å². The van der Waals surface area contributed by atoms with Crippen LogP contribution >= 0.6 is 0 Å². The van der Waals surface area contributed by atoms with Gasteiger partial charge < -0.3 is 5.11 Å². The summed E-state index contributed by atoms with van der Waals surface area (Å²) in [7, 11) is 0. The number of amides is 1. The van der Waals surface area contributed by atoms with E-state index in [-0.39, 0.29) is 19.1 Å². The van der Waals surface area contributed by atoms with Gasteiger partial charge in [-0.05, 0) is 23.8 Å². The molecule has 0 spiro atoms. The van der Waals surface area contributed by atoms with E-state index in [0.29, 0.717) is 12.1 Å². The summed E-state index contributed by atoms with van der Waals surface area (Å²) in [5, 5.41) is 14.7. The van der Waals surface area contributed by atoms with Crippen molar-refractivity contribution in [2.24, 2.45) is 0 Å². The number of hydroxylamine groups is 2. The first-order valence-corrected chi connectivity index (χ1v) is 6.41. The fraction of sp³-hybridized carbons (Fsp3) is 0.286. The lowest BCUT2D eigenvalue weighted by molar-refractivity contribution is -0.0779. The van der Waals surface area contributed by atoms with Gasteiger partial charge in [-0.1, -0.05) is 12.1 Å². The Labute approximate surface area is 116 Å². The SMILES string of the molecule is O=C(c1cccc(Cn2cccn2)c1)N1CC(O)CO1. The van der Waals surface area contributed by atoms with Gasteiger partial charge in [-0.15, -0.1) is 0 Å². The summed E-state index contributed by atoms with van der Waals surface area (Å²) in [6.45, 7) is 0.985. The Hall–Kier alpha value is -2.18. The van der Waals surface area contributed by atoms with Crippen LogP contribution < -0.4 is 0 Å². The molecule has 1 N–H and O–H groups in total. The van der Waals surface area contributed by atoms with Gasteiger partial charge in [0.05, 0.1) is 13.1 Å². The lowest BCUT2D eigenvalue weighted by Gasteiger charge is -2.14. The van der Waals surface area contributed by atoms with Gasteiger partial charge >= 0.3 is 0 Å². The van der Waals surface area contributed by atoms with Crippen molar-refractivity contribution >= 4 is 5.91 Å². The van der Waals surface area contributed by atoms with Crippen LogP contribution in [0.4, 0.5) is 0 Å². The van der Waals surface area contributed by atoms with Crippen molar-refractivity contribution in [3.8, 4) is 0 Å². The van der Waals surface area contributed by atoms with Crippen LogP contribution in [0.3, 0.4) is 0 Å². The molecule has 6 heteroatoms. The Morgan fingerprint density at radius 2 is 2.35 bits per heavy atom. The van der Waals surface area contributed by atoms with E-state index in [4.69, 9.17) is 4.84 Å². The van der Waals surface area contributed by atoms with Gasteiger partial charge in [0.25, 0.3) is 5.91 Å². The van der Waals surface area contributed by atoms with Crippen LogP contribution in [-0.2, 0) is 11.4 Å². The molecule has 0 saturated carbocycles. The summed E-state index contributed by atoms with van der Waals surface area (Å²) in [5.74, 6) is -0.233. The van der Waals surface area contributed by atoms with E-state index in [1.807, 2.05) is 30.5 Å². The number of nitrogens with zero attached hydrogens (tertiary/aromatic N) is 3. The molecular weight excluding hydrogens is 258 g/mol. The smallest absolute Gasteiger partial charge is 0.277 e. The van der Waals surface area contributed by atoms with Gasteiger partial charge in [0.2, 0.25) is 0 Å². The number of carbonyl (C=O) groups is 1. The monoisotopic (exact) mass is 273 g/mol. The standard InChI is InChI=1S/C14H15N3O3/c18-13-9-17(20-10-13)14(19)12-4-1-3-11(7-12)8-16-6-2-5-15-16/h1-7,13,18H,8-10H2. The maximum atomic E-state index is 12.2. The third-order valence-electron chi connectivity index (χ3n) is 3.10. The van der Waals surface area contributed by atoms with Gasteiger partial charge in [-0.3, -0.25) is 14.3 Å². The molecule has 1 aliphatic rings. The predicted molar refractivity (Wildman–Crippen MR) is 70.8 cm³/mol. The molecule has 1 saturated heterocycles. The van der Waals surface area contributed by atoms with Crippen LogP contribution in [0.15, 0.2) is 42.7 Å². The van der Waals surface area contributed by atoms with Crippen LogP contribution in [0.25, 0.3) is 0 Å². The molecule has 3 rings (SSSR count). The maximum absolute atomic E-state index is 12.2. The number of carbonyl (C=O) groups excluding carboxylic acids is 1. The third-order valence-corrected chi connectivity index (χ3v) is 3.10. The van der Waals surface area contributed by atoms with E-state index < -0.39 is 6.10 Å². The number of hydrogen-bond acceptors (Lipinski definition) is 4. The molecule has 2 heterocycles. The van der Waals surface area contributed by atoms with E-state index in [2.05, 4.69) is 5.10 Å². The summed E-state index contributed by atoms with van der Waals surface area (Å²) in [6, 6.07) is 9.19. The van der Waals surface area contributed by atoms with Crippen molar-refractivity contribution in [2.75, 3.05) is 13.2 Å². The number of β-amino-alcohol motifs (C(OH)–C–C–N with tert-alkyl or cyclic N) is 1. The molecule has 0 bridgehead atoms. The van der Waals surface area contributed by atoms with Crippen molar-refractivity contribution < 1.29 is 14.7 Å². The number of hydrogen-bond donors (Lipinski definition) is 1. The fourth-order valence-electron chi connectivity index (χ4n) is 2.14. The van der Waals surface area contributed by atoms with Crippen LogP contribution in [0.2, 0.25) is 0 Å². The largest absolute Gasteiger partial charge is 0.389 e. The molecule has 1 aliphatic heterocycles. The second-order valence-electron chi connectivity index (χ2n) is 4.72. The zero-order valence-corrected chi connectivity index (χ0v) is 10.8. The molecule has 20 heavy (non-hydrogen) atoms. The van der Waals surface area contributed by atoms with Crippen LogP contribution in [-0.4, -0.2) is 45.1 Å². The Morgan fingerprint density at radius 1 is 1.45 bits per heavy atom. The molecular formula is C14H15N3O3. The average molecular weight is 273 g/mol. The van der Waals surface area contributed by atoms with Crippen molar-refractivity contribution in [3.05, 3.63) is 53.9 Å². The second-order valence-corrected chi connectivity index (χ2v) is 4.72. The van der Waals surface area contributed by atoms with Crippen LogP contribution in [0, 0.1) is 0 Å². The van der Waals surface area contributed by atoms with Gasteiger partial charge in [0.15, 0.2) is 0 Å². The second kappa shape index (κ2) is 5.44. The van der Waals surface area contributed by atoms with E-state index in [1.54, 1.807) is 16.9 Å². The Kier molecular flexibility index (Phi) is 3.49. The minimum absolute atomic E-state index is 0.165. The first-order chi connectivity index (χ1) is 9.72. The molecule has 1 aromatic heterocycles. The summed E-state index contributed by atoms with van der Waals surface area (Å²) < 4.78 is 1.79. The molecule has 1 amide bonds. The summed E-state index contributed by atoms with van der Waals surface area (Å²) in [6.07, 6.45) is 2.98. The topological polar surface area (TPSA) is 67.6 Å². The summed E-state index contributed by atoms with van der Waals surface area (Å²) in [4.78, 5) is 17.4. The minimum atomic E-state index is -0.605. The molecule has 0 aliphatic carbocycles. The number of aliphatic hydroxyl groups excluding tert-OH is 1. The molecule has 0 radical (unpaired) electrons. The van der Waals surface area contributed by atoms with E-state index in [9.17, 15) is 9.90 Å². The summed E-state index contributed by atoms with van der Waals surface area (Å²) >= 11 is 0. The molecule has 1 atom stereocenters. The van der Waals surface area contributed by atoms with Gasteiger partial charge in [0, 0.05) is 18.0 Å². The lowest BCUT2D eigenvalue weighted by atomic mass is 10.1. The highest BCUT2D eigenvalue weighted by molar-refractivity contribution is 5.93. The first-order valence-electron chi connectivity index (χ1n) is 6.41. The zero-order valence-electron chi connectivity index (χ0n) is 10.8. The summed E-state index contributed by atoms with van der Waals surface area (Å²) in [5.41, 5.74) is 1.53. The van der Waals surface area contributed by atoms with E-state index in [0.717, 1.165) is 5.56 Å². The van der Waals surface area contributed by atoms with Gasteiger partial charge in [0.1, 0.15) is 12.7 Å². The third kappa shape index (κ3) is 2.71. The van der Waals surface area contributed by atoms with Crippen molar-refractivity contribution in [3.63, 3.8) is 0 Å². The lowest BCUT2D eigenvalue weighted by Crippen LogP contribution is -2.28. The highest BCUT2D eigenvalue weighted by Gasteiger charge is 2.26. The molecule has 6 nitrogen and oxygen atoms in total. The van der Waals surface area contributed by atoms with Gasteiger partial charge in [-0.25, -0.2) is 5.06 Å². The van der Waals surface area contributed by atoms with Crippen molar-refractivity contribution in [1.82, 2.24) is 14.8 Å². The fourth-order valence-corrected chi connectivity index (χ4v) is 2.14. The molecule has 104 valence electrons. The quantitative estimate of drug-likeness (QED) is 0.893. The van der Waals surface area contributed by atoms with Gasteiger partial charge in [-0.2, -0.15) is 5.10 Å². The molecule has 1 unspecified atom stereocenters. The normalized spacial score (nSPS) is 18.4. The Bertz CT molecular complexity index is 597. The van der Waals surface area contributed by atoms with Crippen molar-refractivity contribution in [1.29, 1.82) is 0 Å². The number of aromatic nitrogens is 2. The van der Waals surface area contributed by atoms with E-state index >= 15 is 0 Å². The number of rotatable bonds is 3. The first kappa shape index (κ1) is 12.8. The predicted octanol–water partition coefficient (Wildman–Crippen LogP) is 0.680. The van der Waals surface area contributed by atoms with Crippen LogP contribution in [0.1, 0.15) is 15.9 Å². The number of benzene rings is 1. The molecule has 2 aromatic rings. The van der Waals surface area contributed by atoms with E-state index in [1.165, 1.54) is 5.06 Å². The minimum Gasteiger partial charge on any atom is -0.389 e. The number of aliphatic hydroxyl groups is 1.